The number of piperidine rings is 1. The van der Waals surface area contributed by atoms with Crippen LogP contribution in [0, 0.1) is 5.41 Å². The number of rotatable bonds is 3. The van der Waals surface area contributed by atoms with Crippen LogP contribution in [-0.2, 0) is 9.47 Å². The molecular weight excluding hydrogens is 202 g/mol. The SMILES string of the molecule is CC.CN1CCC(OCC2(C)COC2)CC1. The first-order chi connectivity index (χ1) is 7.68. The number of nitrogens with zero attached hydrogens (tertiary/aromatic N) is 1. The lowest BCUT2D eigenvalue weighted by Gasteiger charge is -2.39. The number of likely N-dealkylation sites (tertiary alicyclic amines) is 1. The molecule has 2 aliphatic rings. The summed E-state index contributed by atoms with van der Waals surface area (Å²) in [5.74, 6) is 0. The van der Waals surface area contributed by atoms with E-state index < -0.39 is 0 Å². The molecule has 2 fully saturated rings. The summed E-state index contributed by atoms with van der Waals surface area (Å²) in [6.45, 7) is 11.2. The molecule has 0 saturated carbocycles. The first-order valence-corrected chi connectivity index (χ1v) is 6.56. The standard InChI is InChI=1S/C11H21NO2.C2H6/c1-11(7-13-8-11)9-14-10-3-5-12(2)6-4-10;1-2/h10H,3-9H2,1-2H3;1-2H3. The second-order valence-electron chi connectivity index (χ2n) is 5.12. The third-order valence-corrected chi connectivity index (χ3v) is 3.23. The van der Waals surface area contributed by atoms with Gasteiger partial charge in [-0.05, 0) is 19.9 Å². The molecule has 0 aromatic carbocycles. The van der Waals surface area contributed by atoms with Crippen LogP contribution in [-0.4, -0.2) is 51.0 Å². The Labute approximate surface area is 100 Å². The molecular formula is C13H27NO2. The normalized spacial score (nSPS) is 25.5. The Balaban J connectivity index is 0.000000606. The van der Waals surface area contributed by atoms with Gasteiger partial charge in [0.1, 0.15) is 0 Å². The second kappa shape index (κ2) is 6.58. The maximum absolute atomic E-state index is 5.93. The quantitative estimate of drug-likeness (QED) is 0.740. The van der Waals surface area contributed by atoms with Crippen LogP contribution in [0.5, 0.6) is 0 Å². The first kappa shape index (κ1) is 13.9. The molecule has 2 heterocycles. The fourth-order valence-corrected chi connectivity index (χ4v) is 2.00. The topological polar surface area (TPSA) is 21.7 Å². The van der Waals surface area contributed by atoms with Crippen molar-refractivity contribution in [1.29, 1.82) is 0 Å². The van der Waals surface area contributed by atoms with E-state index in [9.17, 15) is 0 Å². The third-order valence-electron chi connectivity index (χ3n) is 3.23. The molecule has 0 aromatic rings. The van der Waals surface area contributed by atoms with E-state index in [-0.39, 0.29) is 0 Å². The molecule has 16 heavy (non-hydrogen) atoms. The molecule has 0 unspecified atom stereocenters. The maximum Gasteiger partial charge on any atom is 0.0599 e. The van der Waals surface area contributed by atoms with Crippen LogP contribution in [0.2, 0.25) is 0 Å². The number of hydrogen-bond donors (Lipinski definition) is 0. The van der Waals surface area contributed by atoms with Gasteiger partial charge in [-0.3, -0.25) is 0 Å². The van der Waals surface area contributed by atoms with Crippen molar-refractivity contribution >= 4 is 0 Å². The van der Waals surface area contributed by atoms with E-state index in [0.29, 0.717) is 11.5 Å². The van der Waals surface area contributed by atoms with Crippen LogP contribution < -0.4 is 0 Å². The van der Waals surface area contributed by atoms with Crippen molar-refractivity contribution in [2.75, 3.05) is 40.0 Å². The van der Waals surface area contributed by atoms with Gasteiger partial charge < -0.3 is 14.4 Å². The van der Waals surface area contributed by atoms with Gasteiger partial charge in [0.05, 0.1) is 25.9 Å². The summed E-state index contributed by atoms with van der Waals surface area (Å²) in [6.07, 6.45) is 2.87. The fraction of sp³-hybridized carbons (Fsp3) is 1.00. The Hall–Kier alpha value is -0.120. The Morgan fingerprint density at radius 1 is 1.25 bits per heavy atom. The lowest BCUT2D eigenvalue weighted by molar-refractivity contribution is -0.152. The zero-order valence-electron chi connectivity index (χ0n) is 11.3. The van der Waals surface area contributed by atoms with Gasteiger partial charge in [0.2, 0.25) is 0 Å². The van der Waals surface area contributed by atoms with E-state index in [1.165, 1.54) is 25.9 Å². The van der Waals surface area contributed by atoms with Crippen molar-refractivity contribution in [3.05, 3.63) is 0 Å². The van der Waals surface area contributed by atoms with Crippen LogP contribution in [0.25, 0.3) is 0 Å². The van der Waals surface area contributed by atoms with E-state index >= 15 is 0 Å². The summed E-state index contributed by atoms with van der Waals surface area (Å²) in [5.41, 5.74) is 0.309. The molecule has 0 aliphatic carbocycles. The molecule has 3 heteroatoms. The molecule has 96 valence electrons. The minimum atomic E-state index is 0.309. The van der Waals surface area contributed by atoms with Crippen molar-refractivity contribution in [3.63, 3.8) is 0 Å². The second-order valence-corrected chi connectivity index (χ2v) is 5.12. The molecule has 2 saturated heterocycles. The zero-order valence-corrected chi connectivity index (χ0v) is 11.3. The van der Waals surface area contributed by atoms with Gasteiger partial charge >= 0.3 is 0 Å². The Kier molecular flexibility index (Phi) is 5.73. The van der Waals surface area contributed by atoms with Crippen LogP contribution in [0.3, 0.4) is 0 Å². The Bertz CT molecular complexity index is 184. The molecule has 0 radical (unpaired) electrons. The summed E-state index contributed by atoms with van der Waals surface area (Å²) in [7, 11) is 2.18. The summed E-state index contributed by atoms with van der Waals surface area (Å²) in [6, 6.07) is 0. The molecule has 0 spiro atoms. The Morgan fingerprint density at radius 3 is 2.25 bits per heavy atom. The smallest absolute Gasteiger partial charge is 0.0599 e. The van der Waals surface area contributed by atoms with Gasteiger partial charge in [0.15, 0.2) is 0 Å². The number of ether oxygens (including phenoxy) is 2. The summed E-state index contributed by atoms with van der Waals surface area (Å²) in [4.78, 5) is 2.37. The third kappa shape index (κ3) is 4.04. The highest BCUT2D eigenvalue weighted by Crippen LogP contribution is 2.28. The van der Waals surface area contributed by atoms with Crippen LogP contribution >= 0.6 is 0 Å². The van der Waals surface area contributed by atoms with Gasteiger partial charge in [-0.15, -0.1) is 0 Å². The minimum Gasteiger partial charge on any atom is -0.380 e. The average Bonchev–Trinajstić information content (AvgIpc) is 2.29. The molecule has 0 N–H and O–H groups in total. The highest BCUT2D eigenvalue weighted by Gasteiger charge is 2.34. The van der Waals surface area contributed by atoms with Crippen molar-refractivity contribution in [1.82, 2.24) is 4.90 Å². The highest BCUT2D eigenvalue weighted by molar-refractivity contribution is 4.81. The van der Waals surface area contributed by atoms with Crippen molar-refractivity contribution in [3.8, 4) is 0 Å². The van der Waals surface area contributed by atoms with Crippen molar-refractivity contribution < 1.29 is 9.47 Å². The largest absolute Gasteiger partial charge is 0.380 e. The maximum atomic E-state index is 5.93. The number of hydrogen-bond acceptors (Lipinski definition) is 3. The predicted octanol–water partition coefficient (Wildman–Crippen LogP) is 2.16. The molecule has 0 atom stereocenters. The van der Waals surface area contributed by atoms with E-state index in [1.807, 2.05) is 13.8 Å². The molecule has 0 amide bonds. The van der Waals surface area contributed by atoms with Gasteiger partial charge in [-0.25, -0.2) is 0 Å². The lowest BCUT2D eigenvalue weighted by atomic mass is 9.90. The molecule has 3 nitrogen and oxygen atoms in total. The van der Waals surface area contributed by atoms with Crippen LogP contribution in [0.15, 0.2) is 0 Å². The predicted molar refractivity (Wildman–Crippen MR) is 66.7 cm³/mol. The van der Waals surface area contributed by atoms with Gasteiger partial charge in [-0.1, -0.05) is 20.8 Å². The fourth-order valence-electron chi connectivity index (χ4n) is 2.00. The minimum absolute atomic E-state index is 0.309. The van der Waals surface area contributed by atoms with Gasteiger partial charge in [-0.2, -0.15) is 0 Å². The van der Waals surface area contributed by atoms with E-state index in [2.05, 4.69) is 18.9 Å². The van der Waals surface area contributed by atoms with E-state index in [4.69, 9.17) is 9.47 Å². The molecule has 0 aromatic heterocycles. The van der Waals surface area contributed by atoms with E-state index in [0.717, 1.165) is 19.8 Å². The average molecular weight is 229 g/mol. The van der Waals surface area contributed by atoms with Crippen LogP contribution in [0.4, 0.5) is 0 Å². The van der Waals surface area contributed by atoms with Gasteiger partial charge in [0.25, 0.3) is 0 Å². The Morgan fingerprint density at radius 2 is 1.81 bits per heavy atom. The summed E-state index contributed by atoms with van der Waals surface area (Å²) < 4.78 is 11.1. The van der Waals surface area contributed by atoms with Crippen molar-refractivity contribution in [2.45, 2.75) is 39.7 Å². The molecule has 2 aliphatic heterocycles. The summed E-state index contributed by atoms with van der Waals surface area (Å²) >= 11 is 0. The van der Waals surface area contributed by atoms with Crippen LogP contribution in [0.1, 0.15) is 33.6 Å². The highest BCUT2D eigenvalue weighted by atomic mass is 16.5. The molecule has 2 rings (SSSR count). The summed E-state index contributed by atoms with van der Waals surface area (Å²) in [5, 5.41) is 0. The monoisotopic (exact) mass is 229 g/mol. The first-order valence-electron chi connectivity index (χ1n) is 6.56. The zero-order chi connectivity index (χ0) is 12.0. The lowest BCUT2D eigenvalue weighted by Crippen LogP contribution is -2.45. The van der Waals surface area contributed by atoms with Gasteiger partial charge in [0, 0.05) is 18.5 Å². The van der Waals surface area contributed by atoms with E-state index in [1.54, 1.807) is 0 Å². The van der Waals surface area contributed by atoms with Crippen molar-refractivity contribution in [2.24, 2.45) is 5.41 Å². The molecule has 0 bridgehead atoms.